The zero-order valence-corrected chi connectivity index (χ0v) is 21.7. The summed E-state index contributed by atoms with van der Waals surface area (Å²) in [6.07, 6.45) is 4.30. The first kappa shape index (κ1) is 22.1. The monoisotopic (exact) mass is 460 g/mol. The summed E-state index contributed by atoms with van der Waals surface area (Å²) in [5.41, 5.74) is 6.52. The van der Waals surface area contributed by atoms with Crippen molar-refractivity contribution in [3.05, 3.63) is 77.5 Å². The van der Waals surface area contributed by atoms with Gasteiger partial charge in [0.2, 0.25) is 5.69 Å². The van der Waals surface area contributed by atoms with Crippen molar-refractivity contribution in [3.63, 3.8) is 0 Å². The van der Waals surface area contributed by atoms with Crippen LogP contribution in [0.15, 0.2) is 60.8 Å². The Morgan fingerprint density at radius 3 is 2.29 bits per heavy atom. The molecule has 4 aromatic carbocycles. The van der Waals surface area contributed by atoms with Crippen molar-refractivity contribution in [2.75, 3.05) is 0 Å². The lowest BCUT2D eigenvalue weighted by Crippen LogP contribution is -2.32. The summed E-state index contributed by atoms with van der Waals surface area (Å²) in [6.45, 7) is 11.4. The van der Waals surface area contributed by atoms with Gasteiger partial charge in [0.25, 0.3) is 0 Å². The predicted molar refractivity (Wildman–Crippen MR) is 147 cm³/mol. The van der Waals surface area contributed by atoms with Crippen molar-refractivity contribution in [2.24, 2.45) is 18.9 Å². The molecule has 0 radical (unpaired) electrons. The highest BCUT2D eigenvalue weighted by molar-refractivity contribution is 6.16. The van der Waals surface area contributed by atoms with Crippen LogP contribution in [0.25, 0.3) is 43.6 Å². The Morgan fingerprint density at radius 2 is 1.54 bits per heavy atom. The number of rotatable bonds is 4. The number of aryl methyl sites for hydroxylation is 2. The molecule has 5 aromatic rings. The largest absolute Gasteiger partial charge is 0.455 e. The first-order chi connectivity index (χ1) is 16.8. The first-order valence-electron chi connectivity index (χ1n) is 12.9. The zero-order valence-electron chi connectivity index (χ0n) is 21.7. The van der Waals surface area contributed by atoms with Crippen LogP contribution < -0.4 is 9.30 Å². The molecule has 2 nitrogen and oxygen atoms in total. The Balaban J connectivity index is 1.73. The molecule has 2 heterocycles. The van der Waals surface area contributed by atoms with Gasteiger partial charge in [0.1, 0.15) is 18.5 Å². The number of hydrogen-bond acceptors (Lipinski definition) is 1. The van der Waals surface area contributed by atoms with Crippen LogP contribution in [0.5, 0.6) is 11.5 Å². The van der Waals surface area contributed by atoms with Gasteiger partial charge in [0, 0.05) is 17.0 Å². The van der Waals surface area contributed by atoms with Crippen LogP contribution in [0, 0.1) is 18.8 Å². The molecule has 176 valence electrons. The van der Waals surface area contributed by atoms with Crippen LogP contribution >= 0.6 is 0 Å². The molecule has 1 aliphatic rings. The molecule has 0 N–H and O–H groups in total. The van der Waals surface area contributed by atoms with E-state index in [1.807, 2.05) is 0 Å². The van der Waals surface area contributed by atoms with Crippen LogP contribution in [0.1, 0.15) is 44.4 Å². The van der Waals surface area contributed by atoms with Crippen LogP contribution in [0.3, 0.4) is 0 Å². The summed E-state index contributed by atoms with van der Waals surface area (Å²) >= 11 is 0. The maximum atomic E-state index is 6.94. The number of nitrogens with zero attached hydrogens (tertiary/aromatic N) is 1. The third-order valence-electron chi connectivity index (χ3n) is 7.50. The van der Waals surface area contributed by atoms with E-state index in [-0.39, 0.29) is 0 Å². The fourth-order valence-corrected chi connectivity index (χ4v) is 6.06. The molecule has 6 rings (SSSR count). The minimum absolute atomic E-state index is 0.537. The molecule has 0 amide bonds. The van der Waals surface area contributed by atoms with E-state index in [0.29, 0.717) is 11.8 Å². The molecule has 0 unspecified atom stereocenters. The van der Waals surface area contributed by atoms with E-state index in [9.17, 15) is 0 Å². The van der Waals surface area contributed by atoms with Gasteiger partial charge >= 0.3 is 0 Å². The Bertz CT molecular complexity index is 1640. The average Bonchev–Trinajstić information content (AvgIpc) is 2.82. The van der Waals surface area contributed by atoms with Gasteiger partial charge < -0.3 is 4.74 Å². The van der Waals surface area contributed by atoms with E-state index in [1.165, 1.54) is 60.3 Å². The van der Waals surface area contributed by atoms with Gasteiger partial charge in [0.05, 0.1) is 10.9 Å². The van der Waals surface area contributed by atoms with Gasteiger partial charge in [-0.15, -0.1) is 0 Å². The zero-order chi connectivity index (χ0) is 24.4. The molecule has 0 saturated heterocycles. The summed E-state index contributed by atoms with van der Waals surface area (Å²) in [5.74, 6) is 3.20. The van der Waals surface area contributed by atoms with Gasteiger partial charge in [-0.3, -0.25) is 0 Å². The number of hydrogen-bond donors (Lipinski definition) is 0. The first-order valence-corrected chi connectivity index (χ1v) is 12.9. The van der Waals surface area contributed by atoms with Crippen LogP contribution in [-0.2, 0) is 19.9 Å². The summed E-state index contributed by atoms with van der Waals surface area (Å²) in [4.78, 5) is 0. The third kappa shape index (κ3) is 3.42. The minimum atomic E-state index is 0.537. The topological polar surface area (TPSA) is 13.1 Å². The SMILES string of the molecule is Cc1c2c(c(CC(C)C)c3ccccc13)Oc1cc3cc(CC(C)C)ccc3c3cc[n+](C)c-2c13. The lowest BCUT2D eigenvalue weighted by Gasteiger charge is -2.26. The van der Waals surface area contributed by atoms with Gasteiger partial charge in [-0.1, -0.05) is 70.2 Å². The molecule has 1 aromatic heterocycles. The smallest absolute Gasteiger partial charge is 0.228 e. The summed E-state index contributed by atoms with van der Waals surface area (Å²) < 4.78 is 9.23. The van der Waals surface area contributed by atoms with Crippen LogP contribution in [0.2, 0.25) is 0 Å². The van der Waals surface area contributed by atoms with Gasteiger partial charge in [0.15, 0.2) is 6.20 Å². The van der Waals surface area contributed by atoms with Gasteiger partial charge in [-0.25, -0.2) is 4.57 Å². The van der Waals surface area contributed by atoms with Crippen LogP contribution in [-0.4, -0.2) is 0 Å². The van der Waals surface area contributed by atoms with Crippen LogP contribution in [0.4, 0.5) is 0 Å². The van der Waals surface area contributed by atoms with Gasteiger partial charge in [-0.2, -0.15) is 0 Å². The third-order valence-corrected chi connectivity index (χ3v) is 7.50. The Labute approximate surface area is 208 Å². The lowest BCUT2D eigenvalue weighted by atomic mass is 9.85. The second-order valence-corrected chi connectivity index (χ2v) is 11.1. The highest BCUT2D eigenvalue weighted by Crippen LogP contribution is 2.52. The van der Waals surface area contributed by atoms with Crippen molar-refractivity contribution in [2.45, 2.75) is 47.5 Å². The fraction of sp³-hybridized carbons (Fsp3) is 0.303. The van der Waals surface area contributed by atoms with E-state index >= 15 is 0 Å². The quantitative estimate of drug-likeness (QED) is 0.190. The van der Waals surface area contributed by atoms with E-state index in [1.54, 1.807) is 0 Å². The number of fused-ring (bicyclic) bond motifs is 5. The second kappa shape index (κ2) is 8.09. The minimum Gasteiger partial charge on any atom is -0.455 e. The number of pyridine rings is 1. The molecule has 0 saturated carbocycles. The Morgan fingerprint density at radius 1 is 0.800 bits per heavy atom. The summed E-state index contributed by atoms with van der Waals surface area (Å²) in [5, 5.41) is 7.69. The molecular weight excluding hydrogens is 426 g/mol. The molecule has 0 atom stereocenters. The Hall–Kier alpha value is -3.39. The number of benzene rings is 4. The second-order valence-electron chi connectivity index (χ2n) is 11.1. The molecule has 0 fully saturated rings. The van der Waals surface area contributed by atoms with E-state index in [4.69, 9.17) is 4.74 Å². The maximum Gasteiger partial charge on any atom is 0.228 e. The van der Waals surface area contributed by atoms with Crippen molar-refractivity contribution >= 4 is 32.3 Å². The molecule has 2 heteroatoms. The molecule has 0 aliphatic carbocycles. The highest BCUT2D eigenvalue weighted by Gasteiger charge is 2.33. The summed E-state index contributed by atoms with van der Waals surface area (Å²) in [7, 11) is 2.17. The fourth-order valence-electron chi connectivity index (χ4n) is 6.06. The Kier molecular flexibility index (Phi) is 5.11. The molecule has 35 heavy (non-hydrogen) atoms. The van der Waals surface area contributed by atoms with Gasteiger partial charge in [-0.05, 0) is 70.3 Å². The standard InChI is InChI=1S/C33H34NO/c1-19(2)15-22-11-12-25-23(17-22)18-29-31-27(25)13-14-34(6)32(31)30-21(5)24-9-7-8-10-26(24)28(16-20(3)4)33(30)35-29/h7-14,17-20H,15-16H2,1-6H3/q+1. The molecule has 0 spiro atoms. The van der Waals surface area contributed by atoms with E-state index in [2.05, 4.69) is 107 Å². The predicted octanol–water partition coefficient (Wildman–Crippen LogP) is 8.45. The average molecular weight is 461 g/mol. The lowest BCUT2D eigenvalue weighted by molar-refractivity contribution is -0.659. The number of ether oxygens (including phenoxy) is 1. The van der Waals surface area contributed by atoms with Crippen molar-refractivity contribution < 1.29 is 9.30 Å². The number of aromatic nitrogens is 1. The summed E-state index contributed by atoms with van der Waals surface area (Å²) in [6, 6.07) is 20.3. The molecular formula is C33H34NO+. The van der Waals surface area contributed by atoms with Crippen molar-refractivity contribution in [3.8, 4) is 22.8 Å². The van der Waals surface area contributed by atoms with Crippen molar-refractivity contribution in [1.29, 1.82) is 0 Å². The van der Waals surface area contributed by atoms with E-state index in [0.717, 1.165) is 24.3 Å². The molecule has 0 bridgehead atoms. The highest BCUT2D eigenvalue weighted by atomic mass is 16.5. The van der Waals surface area contributed by atoms with Crippen molar-refractivity contribution in [1.82, 2.24) is 0 Å². The van der Waals surface area contributed by atoms with E-state index < -0.39 is 0 Å². The normalized spacial score (nSPS) is 12.7. The maximum absolute atomic E-state index is 6.94. The molecule has 1 aliphatic heterocycles.